The summed E-state index contributed by atoms with van der Waals surface area (Å²) in [7, 11) is 2.08. The van der Waals surface area contributed by atoms with Gasteiger partial charge in [-0.2, -0.15) is 0 Å². The summed E-state index contributed by atoms with van der Waals surface area (Å²) in [6, 6.07) is 11.5. The Bertz CT molecular complexity index is 702. The first-order valence-corrected chi connectivity index (χ1v) is 7.25. The van der Waals surface area contributed by atoms with Crippen molar-refractivity contribution in [1.82, 2.24) is 4.90 Å². The number of hydrogen-bond donors (Lipinski definition) is 2. The first-order valence-electron chi connectivity index (χ1n) is 7.25. The number of urea groups is 1. The molecule has 22 heavy (non-hydrogen) atoms. The Kier molecular flexibility index (Phi) is 4.06. The lowest BCUT2D eigenvalue weighted by Crippen LogP contribution is -2.27. The van der Waals surface area contributed by atoms with E-state index in [1.807, 2.05) is 18.2 Å². The maximum Gasteiger partial charge on any atom is 0.323 e. The van der Waals surface area contributed by atoms with Crippen LogP contribution in [0.2, 0.25) is 0 Å². The van der Waals surface area contributed by atoms with Crippen molar-refractivity contribution in [2.24, 2.45) is 0 Å². The van der Waals surface area contributed by atoms with Crippen molar-refractivity contribution in [2.45, 2.75) is 13.0 Å². The highest BCUT2D eigenvalue weighted by Gasteiger charge is 2.14. The molecule has 1 aliphatic heterocycles. The molecule has 0 fully saturated rings. The van der Waals surface area contributed by atoms with Gasteiger partial charge in [0.1, 0.15) is 5.82 Å². The number of benzene rings is 2. The number of amides is 2. The molecule has 0 unspecified atom stereocenters. The summed E-state index contributed by atoms with van der Waals surface area (Å²) < 4.78 is 13.5. The van der Waals surface area contributed by atoms with Gasteiger partial charge in [-0.05, 0) is 48.9 Å². The van der Waals surface area contributed by atoms with Gasteiger partial charge in [-0.1, -0.05) is 18.2 Å². The third-order valence-corrected chi connectivity index (χ3v) is 3.79. The number of carbonyl (C=O) groups is 1. The number of rotatable bonds is 2. The number of nitrogens with zero attached hydrogens (tertiary/aromatic N) is 1. The van der Waals surface area contributed by atoms with Crippen molar-refractivity contribution < 1.29 is 9.18 Å². The highest BCUT2D eigenvalue weighted by molar-refractivity contribution is 5.99. The van der Waals surface area contributed by atoms with Crippen molar-refractivity contribution >= 4 is 17.4 Å². The molecule has 4 nitrogen and oxygen atoms in total. The van der Waals surface area contributed by atoms with E-state index in [9.17, 15) is 9.18 Å². The maximum absolute atomic E-state index is 13.5. The number of fused-ring (bicyclic) bond motifs is 1. The fourth-order valence-corrected chi connectivity index (χ4v) is 2.62. The summed E-state index contributed by atoms with van der Waals surface area (Å²) in [5.74, 6) is -0.454. The average Bonchev–Trinajstić information content (AvgIpc) is 2.49. The molecule has 0 aromatic heterocycles. The highest BCUT2D eigenvalue weighted by Crippen LogP contribution is 2.22. The monoisotopic (exact) mass is 299 g/mol. The first-order chi connectivity index (χ1) is 10.6. The van der Waals surface area contributed by atoms with Crippen LogP contribution in [0.1, 0.15) is 11.1 Å². The number of likely N-dealkylation sites (N-methyl/N-ethyl adjacent to an activating group) is 1. The van der Waals surface area contributed by atoms with Crippen LogP contribution in [0.25, 0.3) is 0 Å². The van der Waals surface area contributed by atoms with Gasteiger partial charge in [-0.3, -0.25) is 0 Å². The molecule has 0 atom stereocenters. The van der Waals surface area contributed by atoms with Gasteiger partial charge in [0.15, 0.2) is 0 Å². The summed E-state index contributed by atoms with van der Waals surface area (Å²) in [6.45, 7) is 1.92. The van der Waals surface area contributed by atoms with Crippen LogP contribution < -0.4 is 10.6 Å². The molecular weight excluding hydrogens is 281 g/mol. The lowest BCUT2D eigenvalue weighted by molar-refractivity contribution is 0.262. The number of hydrogen-bond acceptors (Lipinski definition) is 2. The molecule has 2 aromatic rings. The van der Waals surface area contributed by atoms with Gasteiger partial charge in [-0.15, -0.1) is 0 Å². The van der Waals surface area contributed by atoms with Crippen LogP contribution in [0.3, 0.4) is 0 Å². The third-order valence-electron chi connectivity index (χ3n) is 3.79. The summed E-state index contributed by atoms with van der Waals surface area (Å²) in [6.07, 6.45) is 1.02. The minimum Gasteiger partial charge on any atom is -0.308 e. The molecular formula is C17H18FN3O. The minimum atomic E-state index is -0.454. The second kappa shape index (κ2) is 6.15. The standard InChI is InChI=1S/C17H18FN3O/c1-21-9-8-12-6-7-14(10-13(12)11-21)19-17(22)20-16-5-3-2-4-15(16)18/h2-7,10H,8-9,11H2,1H3,(H2,19,20,22). The van der Waals surface area contributed by atoms with Crippen molar-refractivity contribution in [3.8, 4) is 0 Å². The van der Waals surface area contributed by atoms with E-state index >= 15 is 0 Å². The Labute approximate surface area is 128 Å². The minimum absolute atomic E-state index is 0.165. The second-order valence-electron chi connectivity index (χ2n) is 5.53. The molecule has 2 N–H and O–H groups in total. The molecule has 1 heterocycles. The van der Waals surface area contributed by atoms with E-state index in [1.54, 1.807) is 12.1 Å². The maximum atomic E-state index is 13.5. The van der Waals surface area contributed by atoms with E-state index in [-0.39, 0.29) is 5.69 Å². The molecule has 114 valence electrons. The SMILES string of the molecule is CN1CCc2ccc(NC(=O)Nc3ccccc3F)cc2C1. The molecule has 0 bridgehead atoms. The van der Waals surface area contributed by atoms with Gasteiger partial charge in [0, 0.05) is 18.8 Å². The second-order valence-corrected chi connectivity index (χ2v) is 5.53. The fraction of sp³-hybridized carbons (Fsp3) is 0.235. The topological polar surface area (TPSA) is 44.4 Å². The van der Waals surface area contributed by atoms with E-state index in [0.717, 1.165) is 19.5 Å². The van der Waals surface area contributed by atoms with Crippen LogP contribution in [-0.4, -0.2) is 24.5 Å². The van der Waals surface area contributed by atoms with E-state index in [1.165, 1.54) is 23.3 Å². The zero-order valence-electron chi connectivity index (χ0n) is 12.4. The lowest BCUT2D eigenvalue weighted by Gasteiger charge is -2.25. The van der Waals surface area contributed by atoms with Crippen molar-refractivity contribution in [3.63, 3.8) is 0 Å². The molecule has 0 radical (unpaired) electrons. The Morgan fingerprint density at radius 2 is 1.95 bits per heavy atom. The van der Waals surface area contributed by atoms with Gasteiger partial charge in [-0.25, -0.2) is 9.18 Å². The largest absolute Gasteiger partial charge is 0.323 e. The van der Waals surface area contributed by atoms with Crippen LogP contribution in [-0.2, 0) is 13.0 Å². The number of para-hydroxylation sites is 1. The summed E-state index contributed by atoms with van der Waals surface area (Å²) >= 11 is 0. The van der Waals surface area contributed by atoms with Crippen LogP contribution in [0.15, 0.2) is 42.5 Å². The predicted octanol–water partition coefficient (Wildman–Crippen LogP) is 3.46. The highest BCUT2D eigenvalue weighted by atomic mass is 19.1. The summed E-state index contributed by atoms with van der Waals surface area (Å²) in [4.78, 5) is 14.2. The number of anilines is 2. The average molecular weight is 299 g/mol. The van der Waals surface area contributed by atoms with Crippen LogP contribution in [0, 0.1) is 5.82 Å². The van der Waals surface area contributed by atoms with Crippen LogP contribution in [0.5, 0.6) is 0 Å². The molecule has 2 amide bonds. The Morgan fingerprint density at radius 3 is 2.77 bits per heavy atom. The van der Waals surface area contributed by atoms with Crippen molar-refractivity contribution in [2.75, 3.05) is 24.2 Å². The molecule has 0 spiro atoms. The molecule has 2 aromatic carbocycles. The first kappa shape index (κ1) is 14.5. The third kappa shape index (κ3) is 3.26. The zero-order chi connectivity index (χ0) is 15.5. The van der Waals surface area contributed by atoms with Crippen molar-refractivity contribution in [3.05, 3.63) is 59.4 Å². The summed E-state index contributed by atoms with van der Waals surface area (Å²) in [5.41, 5.74) is 3.41. The van der Waals surface area contributed by atoms with Gasteiger partial charge >= 0.3 is 6.03 Å². The molecule has 3 rings (SSSR count). The quantitative estimate of drug-likeness (QED) is 0.892. The Morgan fingerprint density at radius 1 is 1.14 bits per heavy atom. The molecule has 1 aliphatic rings. The van der Waals surface area contributed by atoms with Gasteiger partial charge in [0.05, 0.1) is 5.69 Å². The van der Waals surface area contributed by atoms with E-state index in [0.29, 0.717) is 5.69 Å². The van der Waals surface area contributed by atoms with Gasteiger partial charge in [0.2, 0.25) is 0 Å². The lowest BCUT2D eigenvalue weighted by atomic mass is 9.99. The van der Waals surface area contributed by atoms with Crippen LogP contribution in [0.4, 0.5) is 20.6 Å². The number of carbonyl (C=O) groups excluding carboxylic acids is 1. The zero-order valence-corrected chi connectivity index (χ0v) is 12.4. The van der Waals surface area contributed by atoms with Crippen LogP contribution >= 0.6 is 0 Å². The Balaban J connectivity index is 1.69. The Hall–Kier alpha value is -2.40. The summed E-state index contributed by atoms with van der Waals surface area (Å²) in [5, 5.41) is 5.26. The predicted molar refractivity (Wildman–Crippen MR) is 85.5 cm³/mol. The normalized spacial score (nSPS) is 14.3. The molecule has 0 aliphatic carbocycles. The van der Waals surface area contributed by atoms with Gasteiger partial charge in [0.25, 0.3) is 0 Å². The number of halogens is 1. The van der Waals surface area contributed by atoms with E-state index in [4.69, 9.17) is 0 Å². The molecule has 5 heteroatoms. The smallest absolute Gasteiger partial charge is 0.308 e. The van der Waals surface area contributed by atoms with E-state index in [2.05, 4.69) is 22.6 Å². The molecule has 0 saturated heterocycles. The van der Waals surface area contributed by atoms with Gasteiger partial charge < -0.3 is 15.5 Å². The number of nitrogens with one attached hydrogen (secondary N) is 2. The molecule has 0 saturated carbocycles. The fourth-order valence-electron chi connectivity index (χ4n) is 2.62. The van der Waals surface area contributed by atoms with E-state index < -0.39 is 11.8 Å². The van der Waals surface area contributed by atoms with Crippen molar-refractivity contribution in [1.29, 1.82) is 0 Å².